The number of halogens is 1. The molecule has 0 spiro atoms. The van der Waals surface area contributed by atoms with Crippen molar-refractivity contribution in [2.45, 2.75) is 18.7 Å². The Hall–Kier alpha value is -1.63. The highest BCUT2D eigenvalue weighted by Crippen LogP contribution is 2.34. The number of hydrogen-bond donors (Lipinski definition) is 0. The van der Waals surface area contributed by atoms with Gasteiger partial charge < -0.3 is 4.42 Å². The van der Waals surface area contributed by atoms with Gasteiger partial charge in [-0.05, 0) is 50.2 Å². The third-order valence-corrected chi connectivity index (χ3v) is 5.36. The van der Waals surface area contributed by atoms with Crippen LogP contribution in [0.5, 0.6) is 0 Å². The average Bonchev–Trinajstić information content (AvgIpc) is 2.89. The smallest absolute Gasteiger partial charge is 0.297 e. The van der Waals surface area contributed by atoms with Gasteiger partial charge in [-0.3, -0.25) is 4.18 Å². The lowest BCUT2D eigenvalue weighted by Crippen LogP contribution is -2.07. The average molecular weight is 395 g/mol. The van der Waals surface area contributed by atoms with E-state index in [-0.39, 0.29) is 11.5 Å². The fourth-order valence-corrected chi connectivity index (χ4v) is 3.90. The van der Waals surface area contributed by atoms with Gasteiger partial charge in [0.1, 0.15) is 16.2 Å². The van der Waals surface area contributed by atoms with Gasteiger partial charge in [0.25, 0.3) is 10.1 Å². The summed E-state index contributed by atoms with van der Waals surface area (Å²) in [7, 11) is -3.82. The van der Waals surface area contributed by atoms with Crippen molar-refractivity contribution in [3.63, 3.8) is 0 Å². The summed E-state index contributed by atoms with van der Waals surface area (Å²) in [6.07, 6.45) is 0. The number of benzene rings is 2. The highest BCUT2D eigenvalue weighted by molar-refractivity contribution is 9.10. The third-order valence-electron chi connectivity index (χ3n) is 3.42. The maximum atomic E-state index is 12.3. The van der Waals surface area contributed by atoms with Crippen molar-refractivity contribution in [3.05, 3.63) is 52.5 Å². The molecule has 6 heteroatoms. The van der Waals surface area contributed by atoms with Crippen LogP contribution >= 0.6 is 15.9 Å². The number of fused-ring (bicyclic) bond motifs is 1. The van der Waals surface area contributed by atoms with E-state index in [0.29, 0.717) is 16.9 Å². The summed E-state index contributed by atoms with van der Waals surface area (Å²) in [5.41, 5.74) is 2.15. The highest BCUT2D eigenvalue weighted by Gasteiger charge is 2.22. The number of rotatable bonds is 4. The van der Waals surface area contributed by atoms with Gasteiger partial charge in [-0.2, -0.15) is 8.42 Å². The minimum atomic E-state index is -3.82. The minimum absolute atomic E-state index is 0.0860. The molecule has 0 amide bonds. The molecule has 0 bridgehead atoms. The van der Waals surface area contributed by atoms with Crippen molar-refractivity contribution in [2.75, 3.05) is 6.61 Å². The molecular weight excluding hydrogens is 380 g/mol. The van der Waals surface area contributed by atoms with E-state index in [4.69, 9.17) is 8.60 Å². The summed E-state index contributed by atoms with van der Waals surface area (Å²) in [6.45, 7) is 3.63. The van der Waals surface area contributed by atoms with Crippen molar-refractivity contribution in [1.82, 2.24) is 0 Å². The maximum Gasteiger partial charge on any atom is 0.297 e. The first-order valence-electron chi connectivity index (χ1n) is 7.10. The maximum absolute atomic E-state index is 12.3. The zero-order valence-electron chi connectivity index (χ0n) is 12.7. The zero-order valence-corrected chi connectivity index (χ0v) is 15.1. The van der Waals surface area contributed by atoms with Gasteiger partial charge in [0.15, 0.2) is 0 Å². The molecule has 0 radical (unpaired) electrons. The van der Waals surface area contributed by atoms with Crippen molar-refractivity contribution in [1.29, 1.82) is 0 Å². The van der Waals surface area contributed by atoms with E-state index in [1.54, 1.807) is 25.1 Å². The van der Waals surface area contributed by atoms with Crippen LogP contribution in [0.15, 0.2) is 56.2 Å². The van der Waals surface area contributed by atoms with Crippen molar-refractivity contribution >= 4 is 37.0 Å². The van der Waals surface area contributed by atoms with Crippen LogP contribution in [0.1, 0.15) is 12.5 Å². The van der Waals surface area contributed by atoms with E-state index < -0.39 is 10.1 Å². The van der Waals surface area contributed by atoms with E-state index in [0.717, 1.165) is 15.4 Å². The lowest BCUT2D eigenvalue weighted by Gasteiger charge is -2.09. The number of furan rings is 1. The van der Waals surface area contributed by atoms with Crippen LogP contribution in [0.3, 0.4) is 0 Å². The van der Waals surface area contributed by atoms with Gasteiger partial charge in [-0.25, -0.2) is 0 Å². The van der Waals surface area contributed by atoms with Crippen LogP contribution in [0.2, 0.25) is 0 Å². The Kier molecular flexibility index (Phi) is 4.31. The summed E-state index contributed by atoms with van der Waals surface area (Å²) in [5.74, 6) is 0.500. The molecule has 2 aromatic carbocycles. The van der Waals surface area contributed by atoms with Crippen LogP contribution in [0.4, 0.5) is 0 Å². The van der Waals surface area contributed by atoms with Gasteiger partial charge in [-0.15, -0.1) is 0 Å². The van der Waals surface area contributed by atoms with Crippen LogP contribution in [0, 0.1) is 6.92 Å². The van der Waals surface area contributed by atoms with Crippen molar-refractivity contribution in [3.8, 4) is 11.3 Å². The van der Waals surface area contributed by atoms with E-state index in [1.807, 2.05) is 31.2 Å². The Balaban J connectivity index is 2.23. The van der Waals surface area contributed by atoms with Gasteiger partial charge in [0.2, 0.25) is 0 Å². The van der Waals surface area contributed by atoms with Crippen molar-refractivity contribution < 1.29 is 17.0 Å². The Morgan fingerprint density at radius 1 is 1.13 bits per heavy atom. The first-order valence-corrected chi connectivity index (χ1v) is 9.30. The second-order valence-corrected chi connectivity index (χ2v) is 7.65. The monoisotopic (exact) mass is 394 g/mol. The molecule has 3 rings (SSSR count). The first-order chi connectivity index (χ1) is 10.9. The highest BCUT2D eigenvalue weighted by atomic mass is 79.9. The first kappa shape index (κ1) is 16.2. The Labute approximate surface area is 143 Å². The van der Waals surface area contributed by atoms with Gasteiger partial charge in [-0.1, -0.05) is 27.6 Å². The molecule has 0 aliphatic heterocycles. The molecule has 4 nitrogen and oxygen atoms in total. The van der Waals surface area contributed by atoms with E-state index in [2.05, 4.69) is 15.9 Å². The third kappa shape index (κ3) is 3.20. The second-order valence-electron chi connectivity index (χ2n) is 5.15. The summed E-state index contributed by atoms with van der Waals surface area (Å²) in [5, 5.41) is 0.899. The molecule has 0 unspecified atom stereocenters. The SMILES string of the molecule is CCOS(=O)(=O)c1ccc(C)cc1-c1cc2cc(Br)ccc2o1. The number of aryl methyl sites for hydroxylation is 1. The van der Waals surface area contributed by atoms with Crippen LogP contribution in [0.25, 0.3) is 22.3 Å². The van der Waals surface area contributed by atoms with Crippen molar-refractivity contribution in [2.24, 2.45) is 0 Å². The number of hydrogen-bond acceptors (Lipinski definition) is 4. The standard InChI is InChI=1S/C17H15BrO4S/c1-3-21-23(19,20)17-7-4-11(2)8-14(17)16-10-12-9-13(18)5-6-15(12)22-16/h4-10H,3H2,1-2H3. The zero-order chi connectivity index (χ0) is 16.6. The molecule has 0 aliphatic rings. The molecule has 1 heterocycles. The molecule has 0 fully saturated rings. The summed E-state index contributed by atoms with van der Waals surface area (Å²) in [6, 6.07) is 12.6. The van der Waals surface area contributed by atoms with Gasteiger partial charge >= 0.3 is 0 Å². The predicted octanol–water partition coefficient (Wildman–Crippen LogP) is 4.90. The topological polar surface area (TPSA) is 56.5 Å². The van der Waals surface area contributed by atoms with Crippen LogP contribution < -0.4 is 0 Å². The minimum Gasteiger partial charge on any atom is -0.456 e. The molecule has 0 saturated carbocycles. The molecule has 120 valence electrons. The van der Waals surface area contributed by atoms with Crippen LogP contribution in [-0.4, -0.2) is 15.0 Å². The molecule has 23 heavy (non-hydrogen) atoms. The summed E-state index contributed by atoms with van der Waals surface area (Å²) >= 11 is 3.42. The predicted molar refractivity (Wildman–Crippen MR) is 92.9 cm³/mol. The lowest BCUT2D eigenvalue weighted by atomic mass is 10.1. The van der Waals surface area contributed by atoms with E-state index in [1.165, 1.54) is 0 Å². The Morgan fingerprint density at radius 2 is 1.91 bits per heavy atom. The van der Waals surface area contributed by atoms with Crippen LogP contribution in [-0.2, 0) is 14.3 Å². The largest absolute Gasteiger partial charge is 0.456 e. The molecule has 0 atom stereocenters. The Bertz CT molecular complexity index is 973. The van der Waals surface area contributed by atoms with E-state index in [9.17, 15) is 8.42 Å². The molecule has 1 aromatic heterocycles. The Morgan fingerprint density at radius 3 is 2.65 bits per heavy atom. The molecule has 3 aromatic rings. The van der Waals surface area contributed by atoms with Gasteiger partial charge in [0, 0.05) is 15.4 Å². The summed E-state index contributed by atoms with van der Waals surface area (Å²) < 4.78 is 36.4. The molecule has 0 saturated heterocycles. The summed E-state index contributed by atoms with van der Waals surface area (Å²) in [4.78, 5) is 0.114. The van der Waals surface area contributed by atoms with Gasteiger partial charge in [0.05, 0.1) is 6.61 Å². The quantitative estimate of drug-likeness (QED) is 0.590. The fourth-order valence-electron chi connectivity index (χ4n) is 2.42. The second kappa shape index (κ2) is 6.11. The van der Waals surface area contributed by atoms with E-state index >= 15 is 0 Å². The molecule has 0 aliphatic carbocycles. The fraction of sp³-hybridized carbons (Fsp3) is 0.176. The molecule has 0 N–H and O–H groups in total. The molecular formula is C17H15BrO4S. The lowest BCUT2D eigenvalue weighted by molar-refractivity contribution is 0.338. The normalized spacial score (nSPS) is 12.0.